The van der Waals surface area contributed by atoms with Crippen molar-refractivity contribution < 1.29 is 27.1 Å². The summed E-state index contributed by atoms with van der Waals surface area (Å²) in [5.74, 6) is -0.0786. The van der Waals surface area contributed by atoms with E-state index < -0.39 is 22.2 Å². The fourth-order valence-electron chi connectivity index (χ4n) is 2.92. The van der Waals surface area contributed by atoms with Crippen molar-refractivity contribution in [2.45, 2.75) is 24.6 Å². The molecule has 29 heavy (non-hydrogen) atoms. The van der Waals surface area contributed by atoms with Crippen LogP contribution in [-0.4, -0.2) is 51.8 Å². The monoisotopic (exact) mass is 443 g/mol. The Morgan fingerprint density at radius 3 is 2.72 bits per heavy atom. The van der Waals surface area contributed by atoms with Gasteiger partial charge in [0.1, 0.15) is 10.7 Å². The van der Waals surface area contributed by atoms with Crippen molar-refractivity contribution >= 4 is 33.3 Å². The van der Waals surface area contributed by atoms with Gasteiger partial charge in [0.25, 0.3) is 0 Å². The van der Waals surface area contributed by atoms with E-state index in [4.69, 9.17) is 30.6 Å². The van der Waals surface area contributed by atoms with Gasteiger partial charge >= 0.3 is 5.97 Å². The van der Waals surface area contributed by atoms with Gasteiger partial charge in [-0.1, -0.05) is 11.6 Å². The first-order chi connectivity index (χ1) is 13.8. The van der Waals surface area contributed by atoms with E-state index in [2.05, 4.69) is 5.32 Å². The van der Waals surface area contributed by atoms with Crippen molar-refractivity contribution in [1.29, 1.82) is 0 Å². The highest BCUT2D eigenvalue weighted by Crippen LogP contribution is 2.29. The van der Waals surface area contributed by atoms with Crippen LogP contribution < -0.4 is 10.5 Å². The Balaban J connectivity index is 1.87. The highest BCUT2D eigenvalue weighted by Gasteiger charge is 2.25. The van der Waals surface area contributed by atoms with Crippen LogP contribution in [0.2, 0.25) is 5.02 Å². The largest absolute Gasteiger partial charge is 0.467 e. The van der Waals surface area contributed by atoms with Crippen LogP contribution in [0.3, 0.4) is 0 Å². The lowest BCUT2D eigenvalue weighted by atomic mass is 10.1. The first-order valence-corrected chi connectivity index (χ1v) is 10.8. The van der Waals surface area contributed by atoms with Gasteiger partial charge in [-0.15, -0.1) is 0 Å². The maximum atomic E-state index is 12.8. The highest BCUT2D eigenvalue weighted by atomic mass is 35.5. The minimum absolute atomic E-state index is 0.00471. The molecule has 1 aromatic carbocycles. The van der Waals surface area contributed by atoms with Gasteiger partial charge in [0.15, 0.2) is 6.23 Å². The maximum Gasteiger partial charge on any atom is 0.341 e. The summed E-state index contributed by atoms with van der Waals surface area (Å²) >= 11 is 6.08. The number of furan rings is 1. The summed E-state index contributed by atoms with van der Waals surface area (Å²) in [5, 5.41) is 8.14. The molecular weight excluding hydrogens is 422 g/mol. The van der Waals surface area contributed by atoms with Crippen molar-refractivity contribution in [1.82, 2.24) is 4.90 Å². The second-order valence-corrected chi connectivity index (χ2v) is 8.40. The van der Waals surface area contributed by atoms with E-state index in [0.717, 1.165) is 6.07 Å². The van der Waals surface area contributed by atoms with Crippen LogP contribution in [0.25, 0.3) is 0 Å². The van der Waals surface area contributed by atoms with Gasteiger partial charge in [-0.25, -0.2) is 18.4 Å². The van der Waals surface area contributed by atoms with E-state index in [1.54, 1.807) is 19.1 Å². The molecule has 2 heterocycles. The molecule has 1 aliphatic heterocycles. The third-order valence-corrected chi connectivity index (χ3v) is 5.84. The molecule has 11 heteroatoms. The molecule has 0 amide bonds. The number of carbonyl (C=O) groups excluding carboxylic acids is 1. The molecule has 158 valence electrons. The average Bonchev–Trinajstić information content (AvgIpc) is 3.19. The van der Waals surface area contributed by atoms with E-state index in [1.807, 2.05) is 4.90 Å². The Labute approximate surface area is 173 Å². The molecule has 0 saturated carbocycles. The molecule has 1 unspecified atom stereocenters. The van der Waals surface area contributed by atoms with Gasteiger partial charge in [0.2, 0.25) is 10.0 Å². The predicted molar refractivity (Wildman–Crippen MR) is 106 cm³/mol. The molecule has 1 atom stereocenters. The number of nitrogens with one attached hydrogen (secondary N) is 1. The first-order valence-electron chi connectivity index (χ1n) is 8.91. The summed E-state index contributed by atoms with van der Waals surface area (Å²) in [6, 6.07) is 5.94. The predicted octanol–water partition coefficient (Wildman–Crippen LogP) is 2.03. The highest BCUT2D eigenvalue weighted by molar-refractivity contribution is 7.89. The van der Waals surface area contributed by atoms with Crippen LogP contribution in [0.1, 0.15) is 23.0 Å². The van der Waals surface area contributed by atoms with Crippen molar-refractivity contribution in [2.24, 2.45) is 5.14 Å². The molecule has 0 aliphatic carbocycles. The molecule has 1 aromatic heterocycles. The summed E-state index contributed by atoms with van der Waals surface area (Å²) < 4.78 is 39.8. The van der Waals surface area contributed by atoms with Gasteiger partial charge in [-0.2, -0.15) is 0 Å². The smallest absolute Gasteiger partial charge is 0.341 e. The SMILES string of the molecule is CC(OC(=O)c1cc(S(N)(=O)=O)c(Cl)cc1NCc1ccco1)N1CCOCC1. The van der Waals surface area contributed by atoms with Crippen LogP contribution in [0.4, 0.5) is 5.69 Å². The molecule has 0 radical (unpaired) electrons. The molecule has 1 aliphatic rings. The zero-order valence-electron chi connectivity index (χ0n) is 15.8. The van der Waals surface area contributed by atoms with E-state index in [0.29, 0.717) is 37.8 Å². The zero-order valence-corrected chi connectivity index (χ0v) is 17.3. The Bertz CT molecular complexity index is 958. The number of morpholine rings is 1. The summed E-state index contributed by atoms with van der Waals surface area (Å²) in [6.07, 6.45) is 1.01. The third-order valence-electron chi connectivity index (χ3n) is 4.47. The van der Waals surface area contributed by atoms with E-state index in [-0.39, 0.29) is 22.0 Å². The summed E-state index contributed by atoms with van der Waals surface area (Å²) in [5.41, 5.74) is 0.308. The lowest BCUT2D eigenvalue weighted by Gasteiger charge is -2.31. The molecule has 3 rings (SSSR count). The Morgan fingerprint density at radius 1 is 1.38 bits per heavy atom. The number of carbonyl (C=O) groups is 1. The van der Waals surface area contributed by atoms with E-state index in [1.165, 1.54) is 12.3 Å². The fraction of sp³-hybridized carbons (Fsp3) is 0.389. The molecule has 9 nitrogen and oxygen atoms in total. The van der Waals surface area contributed by atoms with Gasteiger partial charge in [-0.3, -0.25) is 4.90 Å². The lowest BCUT2D eigenvalue weighted by molar-refractivity contribution is -0.0636. The molecule has 1 fully saturated rings. The normalized spacial score (nSPS) is 16.4. The lowest BCUT2D eigenvalue weighted by Crippen LogP contribution is -2.44. The van der Waals surface area contributed by atoms with Crippen LogP contribution >= 0.6 is 11.6 Å². The number of ether oxygens (including phenoxy) is 2. The number of hydrogen-bond acceptors (Lipinski definition) is 8. The number of esters is 1. The van der Waals surface area contributed by atoms with Gasteiger partial charge in [0.05, 0.1) is 42.3 Å². The number of halogens is 1. The van der Waals surface area contributed by atoms with Crippen molar-refractivity contribution in [3.63, 3.8) is 0 Å². The Kier molecular flexibility index (Phi) is 6.81. The Morgan fingerprint density at radius 2 is 2.10 bits per heavy atom. The molecule has 2 aromatic rings. The Hall–Kier alpha value is -2.11. The summed E-state index contributed by atoms with van der Waals surface area (Å²) in [4.78, 5) is 14.4. The average molecular weight is 444 g/mol. The van der Waals surface area contributed by atoms with E-state index in [9.17, 15) is 13.2 Å². The van der Waals surface area contributed by atoms with Crippen LogP contribution in [0.5, 0.6) is 0 Å². The molecule has 1 saturated heterocycles. The minimum atomic E-state index is -4.13. The standard InChI is InChI=1S/C18H22ClN3O6S/c1-12(22-4-7-26-8-5-22)28-18(23)14-9-17(29(20,24)25)15(19)10-16(14)21-11-13-3-2-6-27-13/h2-3,6,9-10,12,21H,4-5,7-8,11H2,1H3,(H2,20,24,25). The number of rotatable bonds is 7. The first kappa shape index (κ1) is 21.6. The number of sulfonamides is 1. The molecular formula is C18H22ClN3O6S. The van der Waals surface area contributed by atoms with Crippen LogP contribution in [0.15, 0.2) is 39.8 Å². The number of nitrogens with zero attached hydrogens (tertiary/aromatic N) is 1. The number of nitrogens with two attached hydrogens (primary N) is 1. The second kappa shape index (κ2) is 9.14. The quantitative estimate of drug-likeness (QED) is 0.623. The number of primary sulfonamides is 1. The molecule has 3 N–H and O–H groups in total. The fourth-order valence-corrected chi connectivity index (χ4v) is 4.02. The van der Waals surface area contributed by atoms with Crippen molar-refractivity contribution in [3.05, 3.63) is 46.9 Å². The van der Waals surface area contributed by atoms with Crippen molar-refractivity contribution in [2.75, 3.05) is 31.6 Å². The number of hydrogen-bond donors (Lipinski definition) is 2. The van der Waals surface area contributed by atoms with Crippen LogP contribution in [-0.2, 0) is 26.0 Å². The second-order valence-electron chi connectivity index (χ2n) is 6.46. The van der Waals surface area contributed by atoms with Gasteiger partial charge in [0, 0.05) is 13.1 Å². The summed E-state index contributed by atoms with van der Waals surface area (Å²) in [7, 11) is -4.13. The third kappa shape index (κ3) is 5.49. The number of anilines is 1. The number of benzene rings is 1. The summed E-state index contributed by atoms with van der Waals surface area (Å²) in [6.45, 7) is 4.36. The molecule has 0 spiro atoms. The van der Waals surface area contributed by atoms with Gasteiger partial charge < -0.3 is 19.2 Å². The van der Waals surface area contributed by atoms with E-state index >= 15 is 0 Å². The topological polar surface area (TPSA) is 124 Å². The van der Waals surface area contributed by atoms with Crippen molar-refractivity contribution in [3.8, 4) is 0 Å². The van der Waals surface area contributed by atoms with Gasteiger partial charge in [-0.05, 0) is 31.2 Å². The molecule has 0 bridgehead atoms. The minimum Gasteiger partial charge on any atom is -0.467 e. The van der Waals surface area contributed by atoms with Crippen LogP contribution in [0, 0.1) is 0 Å². The zero-order chi connectivity index (χ0) is 21.0. The maximum absolute atomic E-state index is 12.8.